The zero-order valence-electron chi connectivity index (χ0n) is 10.3. The largest absolute Gasteiger partial charge is 0.399 e. The molecule has 2 atom stereocenters. The lowest BCUT2D eigenvalue weighted by Gasteiger charge is -2.40. The van der Waals surface area contributed by atoms with Gasteiger partial charge in [-0.1, -0.05) is 29.6 Å². The van der Waals surface area contributed by atoms with E-state index in [2.05, 4.69) is 4.90 Å². The van der Waals surface area contributed by atoms with Crippen molar-refractivity contribution in [1.29, 1.82) is 0 Å². The molecule has 1 aliphatic heterocycles. The van der Waals surface area contributed by atoms with E-state index in [1.54, 1.807) is 12.1 Å². The molecule has 1 saturated carbocycles. The summed E-state index contributed by atoms with van der Waals surface area (Å²) in [4.78, 5) is 2.42. The van der Waals surface area contributed by atoms with Gasteiger partial charge in [-0.2, -0.15) is 0 Å². The van der Waals surface area contributed by atoms with Gasteiger partial charge in [0.25, 0.3) is 0 Å². The molecule has 98 valence electrons. The minimum absolute atomic E-state index is 0.623. The van der Waals surface area contributed by atoms with Crippen molar-refractivity contribution in [3.05, 3.63) is 22.2 Å². The van der Waals surface area contributed by atoms with Crippen LogP contribution in [0.1, 0.15) is 32.1 Å². The van der Waals surface area contributed by atoms with E-state index in [-0.39, 0.29) is 0 Å². The van der Waals surface area contributed by atoms with Crippen LogP contribution >= 0.6 is 23.2 Å². The fraction of sp³-hybridized carbons (Fsp3) is 0.571. The average Bonchev–Trinajstić information content (AvgIpc) is 2.76. The summed E-state index contributed by atoms with van der Waals surface area (Å²) in [6, 6.07) is 4.24. The Morgan fingerprint density at radius 2 is 1.72 bits per heavy atom. The van der Waals surface area contributed by atoms with Crippen LogP contribution in [0.5, 0.6) is 0 Å². The van der Waals surface area contributed by atoms with E-state index in [1.165, 1.54) is 32.1 Å². The molecule has 18 heavy (non-hydrogen) atoms. The highest BCUT2D eigenvalue weighted by Gasteiger charge is 2.36. The van der Waals surface area contributed by atoms with Crippen molar-refractivity contribution in [2.45, 2.75) is 38.1 Å². The van der Waals surface area contributed by atoms with Crippen molar-refractivity contribution in [3.63, 3.8) is 0 Å². The van der Waals surface area contributed by atoms with Crippen LogP contribution in [0.15, 0.2) is 12.1 Å². The number of nitrogens with two attached hydrogens (primary N) is 1. The van der Waals surface area contributed by atoms with Gasteiger partial charge in [-0.15, -0.1) is 0 Å². The number of halogens is 2. The molecule has 1 aliphatic carbocycles. The van der Waals surface area contributed by atoms with Crippen molar-refractivity contribution in [2.75, 3.05) is 17.2 Å². The van der Waals surface area contributed by atoms with Crippen LogP contribution < -0.4 is 10.6 Å². The molecule has 2 unspecified atom stereocenters. The Balaban J connectivity index is 1.98. The third kappa shape index (κ3) is 2.06. The summed E-state index contributed by atoms with van der Waals surface area (Å²) in [5.41, 5.74) is 7.40. The summed E-state index contributed by atoms with van der Waals surface area (Å²) in [6.45, 7) is 1.06. The Kier molecular flexibility index (Phi) is 3.33. The second-order valence-electron chi connectivity index (χ2n) is 5.43. The van der Waals surface area contributed by atoms with Gasteiger partial charge >= 0.3 is 0 Å². The number of piperidine rings is 1. The van der Waals surface area contributed by atoms with Gasteiger partial charge in [0, 0.05) is 18.3 Å². The lowest BCUT2D eigenvalue weighted by Crippen LogP contribution is -2.42. The maximum absolute atomic E-state index is 6.35. The summed E-state index contributed by atoms with van der Waals surface area (Å²) in [6.07, 6.45) is 6.53. The van der Waals surface area contributed by atoms with Crippen molar-refractivity contribution in [2.24, 2.45) is 5.92 Å². The van der Waals surface area contributed by atoms with Gasteiger partial charge < -0.3 is 10.6 Å². The minimum Gasteiger partial charge on any atom is -0.399 e. The maximum Gasteiger partial charge on any atom is 0.0749 e. The quantitative estimate of drug-likeness (QED) is 0.777. The molecule has 0 spiro atoms. The van der Waals surface area contributed by atoms with E-state index in [9.17, 15) is 0 Å². The predicted molar refractivity (Wildman–Crippen MR) is 78.6 cm³/mol. The highest BCUT2D eigenvalue weighted by Crippen LogP contribution is 2.44. The Morgan fingerprint density at radius 3 is 2.44 bits per heavy atom. The molecule has 1 aromatic rings. The first kappa shape index (κ1) is 12.4. The third-order valence-corrected chi connectivity index (χ3v) is 4.90. The summed E-state index contributed by atoms with van der Waals surface area (Å²) in [5.74, 6) is 0.823. The van der Waals surface area contributed by atoms with Gasteiger partial charge in [0.2, 0.25) is 0 Å². The lowest BCUT2D eigenvalue weighted by molar-refractivity contribution is 0.362. The molecule has 2 nitrogen and oxygen atoms in total. The minimum atomic E-state index is 0.623. The van der Waals surface area contributed by atoms with E-state index in [0.29, 0.717) is 21.8 Å². The maximum atomic E-state index is 6.35. The zero-order chi connectivity index (χ0) is 12.7. The second-order valence-corrected chi connectivity index (χ2v) is 6.24. The SMILES string of the molecule is Nc1cc(Cl)c(N2CCCC3CCCC32)c(Cl)c1. The smallest absolute Gasteiger partial charge is 0.0749 e. The van der Waals surface area contributed by atoms with E-state index in [4.69, 9.17) is 28.9 Å². The molecule has 0 radical (unpaired) electrons. The van der Waals surface area contributed by atoms with Gasteiger partial charge in [0.15, 0.2) is 0 Å². The topological polar surface area (TPSA) is 29.3 Å². The molecule has 2 aliphatic rings. The first-order valence-corrected chi connectivity index (χ1v) is 7.43. The van der Waals surface area contributed by atoms with E-state index >= 15 is 0 Å². The number of benzene rings is 1. The van der Waals surface area contributed by atoms with E-state index in [0.717, 1.165) is 18.2 Å². The first-order valence-electron chi connectivity index (χ1n) is 6.68. The number of hydrogen-bond donors (Lipinski definition) is 1. The van der Waals surface area contributed by atoms with Gasteiger partial charge in [-0.05, 0) is 43.7 Å². The summed E-state index contributed by atoms with van der Waals surface area (Å²) >= 11 is 12.7. The molecule has 4 heteroatoms. The summed E-state index contributed by atoms with van der Waals surface area (Å²) in [5, 5.41) is 1.38. The van der Waals surface area contributed by atoms with E-state index < -0.39 is 0 Å². The lowest BCUT2D eigenvalue weighted by atomic mass is 9.91. The van der Waals surface area contributed by atoms with Crippen LogP contribution in [0.3, 0.4) is 0 Å². The molecule has 0 bridgehead atoms. The molecule has 3 rings (SSSR count). The molecular formula is C14H18Cl2N2. The second kappa shape index (κ2) is 4.82. The highest BCUT2D eigenvalue weighted by molar-refractivity contribution is 6.39. The van der Waals surface area contributed by atoms with Gasteiger partial charge in [-0.3, -0.25) is 0 Å². The Hall–Kier alpha value is -0.600. The van der Waals surface area contributed by atoms with E-state index in [1.807, 2.05) is 0 Å². The number of nitrogens with zero attached hydrogens (tertiary/aromatic N) is 1. The molecule has 0 aromatic heterocycles. The predicted octanol–water partition coefficient (Wildman–Crippen LogP) is 4.34. The molecule has 0 amide bonds. The zero-order valence-corrected chi connectivity index (χ0v) is 11.8. The van der Waals surface area contributed by atoms with Crippen LogP contribution in [0.2, 0.25) is 10.0 Å². The van der Waals surface area contributed by atoms with Gasteiger partial charge in [0.05, 0.1) is 15.7 Å². The Labute approximate surface area is 118 Å². The van der Waals surface area contributed by atoms with Crippen LogP contribution in [0.4, 0.5) is 11.4 Å². The van der Waals surface area contributed by atoms with Gasteiger partial charge in [-0.25, -0.2) is 0 Å². The Morgan fingerprint density at radius 1 is 1.06 bits per heavy atom. The fourth-order valence-electron chi connectivity index (χ4n) is 3.59. The van der Waals surface area contributed by atoms with Gasteiger partial charge in [0.1, 0.15) is 0 Å². The molecule has 1 saturated heterocycles. The number of fused-ring (bicyclic) bond motifs is 1. The number of nitrogen functional groups attached to an aromatic ring is 1. The molecule has 2 fully saturated rings. The number of rotatable bonds is 1. The standard InChI is InChI=1S/C14H18Cl2N2/c15-11-7-10(17)8-12(16)14(11)18-6-2-4-9-3-1-5-13(9)18/h7-9,13H,1-6,17H2. The van der Waals surface area contributed by atoms with Crippen molar-refractivity contribution < 1.29 is 0 Å². The van der Waals surface area contributed by atoms with Crippen LogP contribution in [-0.4, -0.2) is 12.6 Å². The van der Waals surface area contributed by atoms with Crippen molar-refractivity contribution in [1.82, 2.24) is 0 Å². The first-order chi connectivity index (χ1) is 8.66. The van der Waals surface area contributed by atoms with Crippen molar-refractivity contribution in [3.8, 4) is 0 Å². The monoisotopic (exact) mass is 284 g/mol. The third-order valence-electron chi connectivity index (χ3n) is 4.32. The van der Waals surface area contributed by atoms with Crippen LogP contribution in [0.25, 0.3) is 0 Å². The van der Waals surface area contributed by atoms with Crippen LogP contribution in [-0.2, 0) is 0 Å². The Bertz CT molecular complexity index is 438. The number of hydrogen-bond acceptors (Lipinski definition) is 2. The summed E-state index contributed by atoms with van der Waals surface area (Å²) in [7, 11) is 0. The molecular weight excluding hydrogens is 267 g/mol. The normalized spacial score (nSPS) is 27.3. The fourth-order valence-corrected chi connectivity index (χ4v) is 4.31. The molecule has 1 aromatic carbocycles. The van der Waals surface area contributed by atoms with Crippen molar-refractivity contribution >= 4 is 34.6 Å². The summed E-state index contributed by atoms with van der Waals surface area (Å²) < 4.78 is 0. The highest BCUT2D eigenvalue weighted by atomic mass is 35.5. The molecule has 1 heterocycles. The number of anilines is 2. The van der Waals surface area contributed by atoms with Crippen LogP contribution in [0, 0.1) is 5.92 Å². The molecule has 2 N–H and O–H groups in total. The average molecular weight is 285 g/mol.